The maximum atomic E-state index is 13.3. The molecular formula is C30H23FN2O4. The van der Waals surface area contributed by atoms with Crippen molar-refractivity contribution < 1.29 is 18.1 Å². The van der Waals surface area contributed by atoms with Gasteiger partial charge in [-0.2, -0.15) is 0 Å². The Hall–Kier alpha value is -4.52. The third-order valence-electron chi connectivity index (χ3n) is 6.81. The fourth-order valence-electron chi connectivity index (χ4n) is 4.94. The van der Waals surface area contributed by atoms with Crippen molar-refractivity contribution in [3.63, 3.8) is 0 Å². The van der Waals surface area contributed by atoms with Crippen LogP contribution in [0, 0.1) is 19.7 Å². The van der Waals surface area contributed by atoms with Crippen LogP contribution in [0.15, 0.2) is 80.5 Å². The Kier molecular flexibility index (Phi) is 5.48. The smallest absolute Gasteiger partial charge is 0.254 e. The monoisotopic (exact) mass is 494 g/mol. The van der Waals surface area contributed by atoms with Crippen LogP contribution in [0.1, 0.15) is 32.7 Å². The minimum atomic E-state index is -0.312. The number of benzene rings is 3. The average molecular weight is 495 g/mol. The fraction of sp³-hybridized carbons (Fsp3) is 0.167. The maximum absolute atomic E-state index is 13.3. The van der Waals surface area contributed by atoms with Gasteiger partial charge in [0.2, 0.25) is 0 Å². The molecule has 0 saturated carbocycles. The molecule has 1 amide bonds. The highest BCUT2D eigenvalue weighted by Gasteiger charge is 2.28. The molecule has 1 aliphatic heterocycles. The molecule has 0 atom stereocenters. The maximum Gasteiger partial charge on any atom is 0.254 e. The van der Waals surface area contributed by atoms with Crippen LogP contribution in [0.2, 0.25) is 0 Å². The highest BCUT2D eigenvalue weighted by atomic mass is 19.1. The van der Waals surface area contributed by atoms with Crippen molar-refractivity contribution in [3.05, 3.63) is 111 Å². The van der Waals surface area contributed by atoms with E-state index in [9.17, 15) is 14.0 Å². The third-order valence-corrected chi connectivity index (χ3v) is 6.81. The van der Waals surface area contributed by atoms with E-state index >= 15 is 0 Å². The molecule has 0 saturated heterocycles. The van der Waals surface area contributed by atoms with Crippen LogP contribution in [0.25, 0.3) is 33.6 Å². The number of rotatable bonds is 3. The zero-order valence-electron chi connectivity index (χ0n) is 20.4. The number of hydrogen-bond donors (Lipinski definition) is 0. The molecule has 37 heavy (non-hydrogen) atoms. The topological polar surface area (TPSA) is 76.6 Å². The summed E-state index contributed by atoms with van der Waals surface area (Å²) >= 11 is 0. The van der Waals surface area contributed by atoms with Crippen molar-refractivity contribution >= 4 is 16.9 Å². The second-order valence-corrected chi connectivity index (χ2v) is 9.43. The molecule has 184 valence electrons. The molecule has 0 aliphatic carbocycles. The molecule has 7 heteroatoms. The Balaban J connectivity index is 1.23. The Morgan fingerprint density at radius 1 is 0.973 bits per heavy atom. The third kappa shape index (κ3) is 4.12. The molecule has 0 radical (unpaired) electrons. The highest BCUT2D eigenvalue weighted by Crippen LogP contribution is 2.31. The zero-order valence-corrected chi connectivity index (χ0v) is 20.4. The van der Waals surface area contributed by atoms with E-state index in [4.69, 9.17) is 8.94 Å². The molecule has 1 aliphatic rings. The summed E-state index contributed by atoms with van der Waals surface area (Å²) < 4.78 is 24.9. The van der Waals surface area contributed by atoms with Crippen LogP contribution in [-0.4, -0.2) is 22.5 Å². The van der Waals surface area contributed by atoms with Crippen LogP contribution >= 0.6 is 0 Å². The first-order valence-corrected chi connectivity index (χ1v) is 12.1. The van der Waals surface area contributed by atoms with Gasteiger partial charge in [0.15, 0.2) is 11.2 Å². The van der Waals surface area contributed by atoms with Gasteiger partial charge in [0.25, 0.3) is 5.91 Å². The molecule has 3 aromatic carbocycles. The number of fused-ring (bicyclic) bond motifs is 2. The lowest BCUT2D eigenvalue weighted by atomic mass is 10.00. The molecule has 0 unspecified atom stereocenters. The van der Waals surface area contributed by atoms with Crippen LogP contribution in [0.5, 0.6) is 0 Å². The largest absolute Gasteiger partial charge is 0.456 e. The van der Waals surface area contributed by atoms with E-state index in [-0.39, 0.29) is 17.2 Å². The zero-order chi connectivity index (χ0) is 25.7. The summed E-state index contributed by atoms with van der Waals surface area (Å²) in [7, 11) is 0. The summed E-state index contributed by atoms with van der Waals surface area (Å²) in [5.74, 6) is 0.651. The van der Waals surface area contributed by atoms with Crippen molar-refractivity contribution in [1.82, 2.24) is 10.1 Å². The Labute approximate surface area is 211 Å². The van der Waals surface area contributed by atoms with Gasteiger partial charge in [-0.25, -0.2) is 4.39 Å². The van der Waals surface area contributed by atoms with Crippen LogP contribution < -0.4 is 5.43 Å². The summed E-state index contributed by atoms with van der Waals surface area (Å²) in [5, 5.41) is 4.74. The predicted octanol–water partition coefficient (Wildman–Crippen LogP) is 6.07. The number of nitrogens with zero attached hydrogens (tertiary/aromatic N) is 2. The summed E-state index contributed by atoms with van der Waals surface area (Å²) in [6, 6.07) is 18.5. The first kappa shape index (κ1) is 22.9. The molecule has 0 bridgehead atoms. The van der Waals surface area contributed by atoms with Crippen molar-refractivity contribution in [1.29, 1.82) is 0 Å². The van der Waals surface area contributed by atoms with Gasteiger partial charge < -0.3 is 13.8 Å². The summed E-state index contributed by atoms with van der Waals surface area (Å²) in [6.07, 6.45) is 0.594. The van der Waals surface area contributed by atoms with Crippen LogP contribution in [-0.2, 0) is 13.0 Å². The normalized spacial score (nSPS) is 13.1. The number of aromatic nitrogens is 1. The molecule has 0 N–H and O–H groups in total. The summed E-state index contributed by atoms with van der Waals surface area (Å²) in [5.41, 5.74) is 6.06. The van der Waals surface area contributed by atoms with Gasteiger partial charge in [0.1, 0.15) is 22.9 Å². The number of hydrogen-bond acceptors (Lipinski definition) is 5. The van der Waals surface area contributed by atoms with Crippen molar-refractivity contribution in [3.8, 4) is 22.6 Å². The van der Waals surface area contributed by atoms with Gasteiger partial charge in [-0.05, 0) is 73.9 Å². The lowest BCUT2D eigenvalue weighted by Gasteiger charge is -2.26. The van der Waals surface area contributed by atoms with Gasteiger partial charge in [-0.1, -0.05) is 23.4 Å². The lowest BCUT2D eigenvalue weighted by Crippen LogP contribution is -2.35. The molecule has 6 rings (SSSR count). The van der Waals surface area contributed by atoms with Gasteiger partial charge in [0.05, 0.1) is 11.9 Å². The molecule has 2 aromatic heterocycles. The second-order valence-electron chi connectivity index (χ2n) is 9.43. The van der Waals surface area contributed by atoms with Crippen LogP contribution in [0.3, 0.4) is 0 Å². The number of halogens is 1. The van der Waals surface area contributed by atoms with E-state index < -0.39 is 0 Å². The van der Waals surface area contributed by atoms with E-state index in [1.807, 2.05) is 26.0 Å². The van der Waals surface area contributed by atoms with Gasteiger partial charge >= 0.3 is 0 Å². The lowest BCUT2D eigenvalue weighted by molar-refractivity contribution is 0.0731. The Morgan fingerprint density at radius 3 is 2.46 bits per heavy atom. The van der Waals surface area contributed by atoms with E-state index in [2.05, 4.69) is 5.16 Å². The Morgan fingerprint density at radius 2 is 1.70 bits per heavy atom. The number of carbonyl (C=O) groups excluding carboxylic acids is 1. The predicted molar refractivity (Wildman–Crippen MR) is 138 cm³/mol. The van der Waals surface area contributed by atoms with Crippen molar-refractivity contribution in [2.75, 3.05) is 6.54 Å². The van der Waals surface area contributed by atoms with E-state index in [0.717, 1.165) is 27.8 Å². The Bertz CT molecular complexity index is 1720. The number of amides is 1. The van der Waals surface area contributed by atoms with E-state index in [1.54, 1.807) is 41.3 Å². The van der Waals surface area contributed by atoms with Gasteiger partial charge in [-0.3, -0.25) is 9.59 Å². The van der Waals surface area contributed by atoms with Crippen LogP contribution in [0.4, 0.5) is 4.39 Å². The molecule has 3 heterocycles. The number of aryl methyl sites for hydroxylation is 2. The summed E-state index contributed by atoms with van der Waals surface area (Å²) in [6.45, 7) is 4.72. The molecule has 0 fully saturated rings. The van der Waals surface area contributed by atoms with Gasteiger partial charge in [0, 0.05) is 34.9 Å². The molecule has 5 aromatic rings. The minimum absolute atomic E-state index is 0.0973. The highest BCUT2D eigenvalue weighted by molar-refractivity contribution is 5.95. The van der Waals surface area contributed by atoms with Gasteiger partial charge in [-0.15, -0.1) is 0 Å². The second kappa shape index (κ2) is 8.85. The van der Waals surface area contributed by atoms with Crippen molar-refractivity contribution in [2.24, 2.45) is 0 Å². The summed E-state index contributed by atoms with van der Waals surface area (Å²) in [4.78, 5) is 27.7. The van der Waals surface area contributed by atoms with E-state index in [1.165, 1.54) is 18.2 Å². The van der Waals surface area contributed by atoms with E-state index in [0.29, 0.717) is 53.3 Å². The minimum Gasteiger partial charge on any atom is -0.456 e. The molecule has 0 spiro atoms. The quantitative estimate of drug-likeness (QED) is 0.304. The SMILES string of the molecule is Cc1cc(C)c2oc(-c3ccc(C(=O)N4CCc5c(noc5-c5ccc(F)cc5)C4)cc3)cc(=O)c2c1. The standard InChI is InChI=1S/C30H23FN2O4/c1-17-13-18(2)28-24(14-17)26(34)15-27(36-28)19-3-5-21(6-4-19)30(35)33-12-11-23-25(16-33)32-37-29(23)20-7-9-22(31)10-8-20/h3-10,13-15H,11-12,16H2,1-2H3. The first-order chi connectivity index (χ1) is 17.9. The fourth-order valence-corrected chi connectivity index (χ4v) is 4.94. The van der Waals surface area contributed by atoms with Crippen molar-refractivity contribution in [2.45, 2.75) is 26.8 Å². The average Bonchev–Trinajstić information content (AvgIpc) is 3.32. The number of carbonyl (C=O) groups is 1. The molecular weight excluding hydrogens is 471 g/mol. The molecule has 6 nitrogen and oxygen atoms in total. The first-order valence-electron chi connectivity index (χ1n) is 12.1.